The van der Waals surface area contributed by atoms with E-state index in [1.54, 1.807) is 12.1 Å². The number of carbonyl (C=O) groups excluding carboxylic acids is 2. The molecule has 3 aromatic carbocycles. The second-order valence-corrected chi connectivity index (χ2v) is 12.0. The molecular formula is C29H34ClN5O6S. The number of benzene rings is 3. The minimum absolute atomic E-state index is 0.104. The molecule has 0 aromatic heterocycles. The zero-order valence-electron chi connectivity index (χ0n) is 23.4. The van der Waals surface area contributed by atoms with E-state index in [0.29, 0.717) is 19.5 Å². The van der Waals surface area contributed by atoms with E-state index in [1.165, 1.54) is 36.4 Å². The Balaban J connectivity index is 1.77. The number of carboxylic acid groups (broad SMARTS) is 1. The Hall–Kier alpha value is -4.13. The molecule has 11 nitrogen and oxygen atoms in total. The molecule has 0 fully saturated rings. The molecule has 0 spiro atoms. The summed E-state index contributed by atoms with van der Waals surface area (Å²) in [5, 5.41) is 15.1. The lowest BCUT2D eigenvalue weighted by atomic mass is 10.1. The topological polar surface area (TPSA) is 139 Å². The predicted molar refractivity (Wildman–Crippen MR) is 162 cm³/mol. The van der Waals surface area contributed by atoms with Crippen molar-refractivity contribution < 1.29 is 27.9 Å². The van der Waals surface area contributed by atoms with Crippen LogP contribution in [0.2, 0.25) is 5.02 Å². The number of hydrogen-bond donors (Lipinski definition) is 3. The molecule has 3 rings (SSSR count). The third-order valence-corrected chi connectivity index (χ3v) is 8.09. The maximum atomic E-state index is 13.8. The van der Waals surface area contributed by atoms with Gasteiger partial charge in [0.15, 0.2) is 0 Å². The van der Waals surface area contributed by atoms with E-state index in [0.717, 1.165) is 14.8 Å². The molecule has 0 aliphatic heterocycles. The van der Waals surface area contributed by atoms with E-state index >= 15 is 0 Å². The molecular weight excluding hydrogens is 582 g/mol. The van der Waals surface area contributed by atoms with Crippen molar-refractivity contribution in [1.29, 1.82) is 0 Å². The average molecular weight is 616 g/mol. The van der Waals surface area contributed by atoms with Crippen LogP contribution in [0.25, 0.3) is 0 Å². The molecule has 42 heavy (non-hydrogen) atoms. The van der Waals surface area contributed by atoms with Gasteiger partial charge in [-0.2, -0.15) is 0 Å². The fourth-order valence-corrected chi connectivity index (χ4v) is 5.58. The number of carbonyl (C=O) groups is 3. The third-order valence-electron chi connectivity index (χ3n) is 6.09. The summed E-state index contributed by atoms with van der Waals surface area (Å²) in [5.41, 5.74) is 1.27. The first-order valence-corrected chi connectivity index (χ1v) is 14.9. The smallest absolute Gasteiger partial charge is 0.407 e. The van der Waals surface area contributed by atoms with Gasteiger partial charge in [-0.15, -0.1) is 0 Å². The highest BCUT2D eigenvalue weighted by Gasteiger charge is 2.28. The molecule has 3 aromatic rings. The molecule has 3 N–H and O–H groups in total. The first-order chi connectivity index (χ1) is 20.0. The number of nitrogens with zero attached hydrogens (tertiary/aromatic N) is 3. The van der Waals surface area contributed by atoms with Crippen LogP contribution in [-0.2, 0) is 26.0 Å². The van der Waals surface area contributed by atoms with E-state index < -0.39 is 41.0 Å². The Morgan fingerprint density at radius 2 is 1.57 bits per heavy atom. The highest BCUT2D eigenvalue weighted by Crippen LogP contribution is 2.27. The Bertz CT molecular complexity index is 1490. The first kappa shape index (κ1) is 32.4. The molecule has 3 amide bonds. The van der Waals surface area contributed by atoms with Gasteiger partial charge in [-0.1, -0.05) is 54.1 Å². The number of rotatable bonds is 14. The van der Waals surface area contributed by atoms with Gasteiger partial charge < -0.3 is 20.6 Å². The molecule has 0 heterocycles. The van der Waals surface area contributed by atoms with Crippen molar-refractivity contribution in [1.82, 2.24) is 15.1 Å². The molecule has 0 atom stereocenters. The molecule has 0 saturated carbocycles. The molecule has 0 saturated heterocycles. The summed E-state index contributed by atoms with van der Waals surface area (Å²) in [4.78, 5) is 39.9. The SMILES string of the molecule is CN(C)CCNC(=O)CN(c1cccc(Cl)c1)S(=O)(=O)c1cccc(NC(=O)CN(CCc2ccccc2)C(=O)O)c1. The van der Waals surface area contributed by atoms with Crippen molar-refractivity contribution in [3.05, 3.63) is 89.4 Å². The summed E-state index contributed by atoms with van der Waals surface area (Å²) in [5.74, 6) is -1.14. The Labute approximate surface area is 250 Å². The van der Waals surface area contributed by atoms with Crippen LogP contribution >= 0.6 is 11.6 Å². The fraction of sp³-hybridized carbons (Fsp3) is 0.276. The summed E-state index contributed by atoms with van der Waals surface area (Å²) >= 11 is 6.12. The normalized spacial score (nSPS) is 11.1. The van der Waals surface area contributed by atoms with Gasteiger partial charge in [-0.3, -0.25) is 18.8 Å². The van der Waals surface area contributed by atoms with Gasteiger partial charge in [0.05, 0.1) is 10.6 Å². The monoisotopic (exact) mass is 615 g/mol. The van der Waals surface area contributed by atoms with Crippen molar-refractivity contribution in [2.45, 2.75) is 11.3 Å². The van der Waals surface area contributed by atoms with E-state index in [4.69, 9.17) is 11.6 Å². The average Bonchev–Trinajstić information content (AvgIpc) is 2.94. The van der Waals surface area contributed by atoms with Crippen LogP contribution in [-0.4, -0.2) is 88.1 Å². The van der Waals surface area contributed by atoms with E-state index in [1.807, 2.05) is 49.3 Å². The van der Waals surface area contributed by atoms with Crippen molar-refractivity contribution >= 4 is 50.9 Å². The Morgan fingerprint density at radius 3 is 2.24 bits per heavy atom. The summed E-state index contributed by atoms with van der Waals surface area (Å²) < 4.78 is 28.5. The number of likely N-dealkylation sites (N-methyl/N-ethyl adjacent to an activating group) is 1. The van der Waals surface area contributed by atoms with E-state index in [2.05, 4.69) is 10.6 Å². The number of sulfonamides is 1. The van der Waals surface area contributed by atoms with Gasteiger partial charge in [0, 0.05) is 30.3 Å². The van der Waals surface area contributed by atoms with Gasteiger partial charge in [0.2, 0.25) is 11.8 Å². The van der Waals surface area contributed by atoms with Crippen LogP contribution in [0.5, 0.6) is 0 Å². The van der Waals surface area contributed by atoms with E-state index in [-0.39, 0.29) is 27.8 Å². The lowest BCUT2D eigenvalue weighted by molar-refractivity contribution is -0.119. The van der Waals surface area contributed by atoms with Crippen LogP contribution < -0.4 is 14.9 Å². The summed E-state index contributed by atoms with van der Waals surface area (Å²) in [6, 6.07) is 20.9. The summed E-state index contributed by atoms with van der Waals surface area (Å²) in [7, 11) is -0.590. The molecule has 0 unspecified atom stereocenters. The van der Waals surface area contributed by atoms with Crippen molar-refractivity contribution in [3.8, 4) is 0 Å². The van der Waals surface area contributed by atoms with Crippen molar-refractivity contribution in [2.24, 2.45) is 0 Å². The van der Waals surface area contributed by atoms with Crippen LogP contribution in [0.3, 0.4) is 0 Å². The highest BCUT2D eigenvalue weighted by molar-refractivity contribution is 7.92. The number of hydrogen-bond acceptors (Lipinski definition) is 6. The van der Waals surface area contributed by atoms with Gasteiger partial charge in [-0.05, 0) is 62.5 Å². The minimum Gasteiger partial charge on any atom is -0.465 e. The van der Waals surface area contributed by atoms with Crippen LogP contribution in [0.15, 0.2) is 83.8 Å². The van der Waals surface area contributed by atoms with Gasteiger partial charge >= 0.3 is 6.09 Å². The van der Waals surface area contributed by atoms with Gasteiger partial charge in [0.25, 0.3) is 10.0 Å². The minimum atomic E-state index is -4.29. The van der Waals surface area contributed by atoms with E-state index in [9.17, 15) is 27.9 Å². The standard InChI is InChI=1S/C29H34ClN5O6S/c1-33(2)17-15-31-27(36)21-35(25-12-6-10-23(30)18-25)42(40,41)26-13-7-11-24(19-26)32-28(37)20-34(29(38)39)16-14-22-8-4-3-5-9-22/h3-13,18-19H,14-17,20-21H2,1-2H3,(H,31,36)(H,32,37)(H,38,39). The quantitative estimate of drug-likeness (QED) is 0.253. The second-order valence-electron chi connectivity index (χ2n) is 9.66. The number of anilines is 2. The van der Waals surface area contributed by atoms with Crippen molar-refractivity contribution in [3.63, 3.8) is 0 Å². The zero-order chi connectivity index (χ0) is 30.7. The van der Waals surface area contributed by atoms with Gasteiger partial charge in [-0.25, -0.2) is 13.2 Å². The van der Waals surface area contributed by atoms with Gasteiger partial charge in [0.1, 0.15) is 13.1 Å². The van der Waals surface area contributed by atoms with Crippen LogP contribution in [0.4, 0.5) is 16.2 Å². The predicted octanol–water partition coefficient (Wildman–Crippen LogP) is 3.37. The number of nitrogens with one attached hydrogen (secondary N) is 2. The molecule has 0 radical (unpaired) electrons. The van der Waals surface area contributed by atoms with Crippen LogP contribution in [0, 0.1) is 0 Å². The molecule has 0 aliphatic rings. The summed E-state index contributed by atoms with van der Waals surface area (Å²) in [6.45, 7) is 0.0629. The maximum absolute atomic E-state index is 13.8. The largest absolute Gasteiger partial charge is 0.465 e. The molecule has 13 heteroatoms. The molecule has 0 aliphatic carbocycles. The highest BCUT2D eigenvalue weighted by atomic mass is 35.5. The molecule has 224 valence electrons. The third kappa shape index (κ3) is 9.75. The number of amides is 3. The Kier molecular flexibility index (Phi) is 11.7. The lowest BCUT2D eigenvalue weighted by Crippen LogP contribution is -2.42. The van der Waals surface area contributed by atoms with Crippen LogP contribution in [0.1, 0.15) is 5.56 Å². The Morgan fingerprint density at radius 1 is 0.857 bits per heavy atom. The fourth-order valence-electron chi connectivity index (χ4n) is 3.94. The molecule has 0 bridgehead atoms. The summed E-state index contributed by atoms with van der Waals surface area (Å²) in [6.07, 6.45) is -0.825. The first-order valence-electron chi connectivity index (χ1n) is 13.1. The zero-order valence-corrected chi connectivity index (χ0v) is 24.9. The maximum Gasteiger partial charge on any atom is 0.407 e. The van der Waals surface area contributed by atoms with Crippen molar-refractivity contribution in [2.75, 3.05) is 56.4 Å². The number of halogens is 1. The second kappa shape index (κ2) is 15.2. The lowest BCUT2D eigenvalue weighted by Gasteiger charge is -2.25.